The lowest BCUT2D eigenvalue weighted by atomic mass is 9.71. The zero-order valence-electron chi connectivity index (χ0n) is 20.4. The summed E-state index contributed by atoms with van der Waals surface area (Å²) in [6, 6.07) is 9.92. The number of benzene rings is 1. The van der Waals surface area contributed by atoms with E-state index in [2.05, 4.69) is 34.8 Å². The highest BCUT2D eigenvalue weighted by molar-refractivity contribution is 5.56. The second kappa shape index (κ2) is 10.6. The number of methoxy groups -OCH3 is 1. The van der Waals surface area contributed by atoms with Gasteiger partial charge < -0.3 is 18.9 Å². The first-order valence-corrected chi connectivity index (χ1v) is 12.0. The molecule has 2 saturated heterocycles. The Morgan fingerprint density at radius 3 is 2.57 bits per heavy atom. The molecule has 2 aromatic rings. The van der Waals surface area contributed by atoms with Crippen molar-refractivity contribution in [2.24, 2.45) is 18.4 Å². The molecule has 0 N–H and O–H groups in total. The molecule has 4 rings (SSSR count). The number of nitriles is 1. The topological polar surface area (TPSA) is 53.7 Å². The van der Waals surface area contributed by atoms with Gasteiger partial charge in [-0.15, -0.1) is 0 Å². The van der Waals surface area contributed by atoms with Crippen LogP contribution in [-0.4, -0.2) is 62.6 Å². The van der Waals surface area contributed by atoms with Gasteiger partial charge in [0.1, 0.15) is 0 Å². The quantitative estimate of drug-likeness (QED) is 0.517. The van der Waals surface area contributed by atoms with E-state index in [1.54, 1.807) is 19.2 Å². The highest BCUT2D eigenvalue weighted by atomic mass is 19.4. The molecule has 1 unspecified atom stereocenters. The summed E-state index contributed by atoms with van der Waals surface area (Å²) in [6.07, 6.45) is -0.581. The molecule has 35 heavy (non-hydrogen) atoms. The zero-order valence-corrected chi connectivity index (χ0v) is 20.4. The maximum atomic E-state index is 13.6. The molecule has 2 aliphatic rings. The van der Waals surface area contributed by atoms with Gasteiger partial charge in [-0.2, -0.15) is 18.4 Å². The van der Waals surface area contributed by atoms with Gasteiger partial charge >= 0.3 is 6.18 Å². The molecule has 0 amide bonds. The van der Waals surface area contributed by atoms with Crippen LogP contribution in [0.3, 0.4) is 0 Å². The lowest BCUT2D eigenvalue weighted by molar-refractivity contribution is -0.137. The Bertz CT molecular complexity index is 1040. The third-order valence-electron chi connectivity index (χ3n) is 7.65. The molecule has 1 atom stereocenters. The molecule has 0 bridgehead atoms. The highest BCUT2D eigenvalue weighted by Crippen LogP contribution is 2.47. The van der Waals surface area contributed by atoms with Gasteiger partial charge in [0.25, 0.3) is 0 Å². The van der Waals surface area contributed by atoms with E-state index in [9.17, 15) is 13.2 Å². The summed E-state index contributed by atoms with van der Waals surface area (Å²) in [5.41, 5.74) is 0.545. The SMILES string of the molecule is COCCOCC1CN(c2ccc(C#N)c(C(F)(F)F)c2)CC12CCN(Cc1cccn1C)CC2. The minimum absolute atomic E-state index is 0.0237. The molecule has 2 aliphatic heterocycles. The Morgan fingerprint density at radius 2 is 1.94 bits per heavy atom. The maximum absolute atomic E-state index is 13.6. The van der Waals surface area contributed by atoms with Crippen molar-refractivity contribution in [3.63, 3.8) is 0 Å². The fourth-order valence-electron chi connectivity index (χ4n) is 5.50. The van der Waals surface area contributed by atoms with Crippen LogP contribution in [0.5, 0.6) is 0 Å². The van der Waals surface area contributed by atoms with E-state index in [1.165, 1.54) is 11.8 Å². The van der Waals surface area contributed by atoms with Crippen molar-refractivity contribution in [1.82, 2.24) is 9.47 Å². The molecule has 0 aliphatic carbocycles. The number of hydrogen-bond donors (Lipinski definition) is 0. The molecule has 190 valence electrons. The van der Waals surface area contributed by atoms with Crippen molar-refractivity contribution >= 4 is 5.69 Å². The summed E-state index contributed by atoms with van der Waals surface area (Å²) in [5, 5.41) is 9.16. The van der Waals surface area contributed by atoms with Gasteiger partial charge in [0, 0.05) is 57.3 Å². The number of alkyl halides is 3. The van der Waals surface area contributed by atoms with Crippen LogP contribution in [0, 0.1) is 22.7 Å². The lowest BCUT2D eigenvalue weighted by Gasteiger charge is -2.42. The largest absolute Gasteiger partial charge is 0.417 e. The van der Waals surface area contributed by atoms with Crippen molar-refractivity contribution in [3.8, 4) is 6.07 Å². The number of ether oxygens (including phenoxy) is 2. The van der Waals surface area contributed by atoms with Crippen LogP contribution in [0.2, 0.25) is 0 Å². The molecular formula is C26H33F3N4O2. The van der Waals surface area contributed by atoms with Gasteiger partial charge in [-0.05, 0) is 61.7 Å². The number of piperidine rings is 1. The van der Waals surface area contributed by atoms with Gasteiger partial charge in [-0.1, -0.05) is 0 Å². The first kappa shape index (κ1) is 25.5. The summed E-state index contributed by atoms with van der Waals surface area (Å²) in [6.45, 7) is 5.66. The fraction of sp³-hybridized carbons (Fsp3) is 0.577. The second-order valence-corrected chi connectivity index (χ2v) is 9.73. The minimum atomic E-state index is -4.57. The molecule has 1 spiro atoms. The van der Waals surface area contributed by atoms with E-state index in [0.29, 0.717) is 38.6 Å². The Morgan fingerprint density at radius 1 is 1.17 bits per heavy atom. The van der Waals surface area contributed by atoms with Gasteiger partial charge in [0.05, 0.1) is 37.0 Å². The average Bonchev–Trinajstić information content (AvgIpc) is 3.40. The van der Waals surface area contributed by atoms with Crippen LogP contribution >= 0.6 is 0 Å². The second-order valence-electron chi connectivity index (χ2n) is 9.73. The van der Waals surface area contributed by atoms with Crippen molar-refractivity contribution < 1.29 is 22.6 Å². The standard InChI is InChI=1S/C26H33F3N4O2/c1-31-9-3-4-23(31)17-32-10-7-25(8-11-32)19-33(16-21(25)18-35-13-12-34-2)22-6-5-20(15-30)24(14-22)26(27,28)29/h3-6,9,14,21H,7-8,10-13,16-19H2,1-2H3. The Kier molecular flexibility index (Phi) is 7.74. The van der Waals surface area contributed by atoms with Crippen LogP contribution in [-0.2, 0) is 29.2 Å². The zero-order chi connectivity index (χ0) is 25.1. The molecule has 0 radical (unpaired) electrons. The van der Waals surface area contributed by atoms with E-state index in [0.717, 1.165) is 38.5 Å². The predicted molar refractivity (Wildman–Crippen MR) is 127 cm³/mol. The maximum Gasteiger partial charge on any atom is 0.417 e. The normalized spacial score (nSPS) is 20.5. The predicted octanol–water partition coefficient (Wildman–Crippen LogP) is 4.30. The number of nitrogens with zero attached hydrogens (tertiary/aromatic N) is 4. The number of anilines is 1. The molecule has 2 fully saturated rings. The van der Waals surface area contributed by atoms with E-state index in [1.807, 2.05) is 4.90 Å². The van der Waals surface area contributed by atoms with Gasteiger partial charge in [0.2, 0.25) is 0 Å². The van der Waals surface area contributed by atoms with Crippen LogP contribution in [0.15, 0.2) is 36.5 Å². The lowest BCUT2D eigenvalue weighted by Crippen LogP contribution is -2.45. The first-order valence-electron chi connectivity index (χ1n) is 12.0. The summed E-state index contributed by atoms with van der Waals surface area (Å²) < 4.78 is 53.9. The van der Waals surface area contributed by atoms with Crippen LogP contribution in [0.1, 0.15) is 29.7 Å². The Balaban J connectivity index is 1.51. The van der Waals surface area contributed by atoms with Crippen molar-refractivity contribution in [3.05, 3.63) is 53.3 Å². The third-order valence-corrected chi connectivity index (χ3v) is 7.65. The molecule has 3 heterocycles. The van der Waals surface area contributed by atoms with Gasteiger partial charge in [-0.25, -0.2) is 0 Å². The van der Waals surface area contributed by atoms with Crippen LogP contribution in [0.25, 0.3) is 0 Å². The monoisotopic (exact) mass is 490 g/mol. The van der Waals surface area contributed by atoms with E-state index < -0.39 is 11.7 Å². The smallest absolute Gasteiger partial charge is 0.382 e. The number of rotatable bonds is 8. The van der Waals surface area contributed by atoms with Crippen molar-refractivity contribution in [2.45, 2.75) is 25.6 Å². The first-order chi connectivity index (χ1) is 16.8. The summed E-state index contributed by atoms with van der Waals surface area (Å²) in [7, 11) is 3.68. The Labute approximate surface area is 204 Å². The highest BCUT2D eigenvalue weighted by Gasteiger charge is 2.48. The average molecular weight is 491 g/mol. The summed E-state index contributed by atoms with van der Waals surface area (Å²) in [4.78, 5) is 4.50. The van der Waals surface area contributed by atoms with E-state index >= 15 is 0 Å². The summed E-state index contributed by atoms with van der Waals surface area (Å²) >= 11 is 0. The van der Waals surface area contributed by atoms with Crippen LogP contribution in [0.4, 0.5) is 18.9 Å². The van der Waals surface area contributed by atoms with Gasteiger partial charge in [0.15, 0.2) is 0 Å². The van der Waals surface area contributed by atoms with Gasteiger partial charge in [-0.3, -0.25) is 4.90 Å². The van der Waals surface area contributed by atoms with Crippen molar-refractivity contribution in [2.75, 3.05) is 58.0 Å². The summed E-state index contributed by atoms with van der Waals surface area (Å²) in [5.74, 6) is 0.210. The number of likely N-dealkylation sites (tertiary alicyclic amines) is 1. The number of aryl methyl sites for hydroxylation is 1. The molecular weight excluding hydrogens is 457 g/mol. The molecule has 9 heteroatoms. The Hall–Kier alpha value is -2.54. The third kappa shape index (κ3) is 5.66. The fourth-order valence-corrected chi connectivity index (χ4v) is 5.50. The molecule has 0 saturated carbocycles. The molecule has 6 nitrogen and oxygen atoms in total. The number of aromatic nitrogens is 1. The van der Waals surface area contributed by atoms with Crippen molar-refractivity contribution in [1.29, 1.82) is 5.26 Å². The van der Waals surface area contributed by atoms with E-state index in [4.69, 9.17) is 14.7 Å². The number of halogens is 3. The minimum Gasteiger partial charge on any atom is -0.382 e. The van der Waals surface area contributed by atoms with Crippen LogP contribution < -0.4 is 4.90 Å². The number of hydrogen-bond acceptors (Lipinski definition) is 5. The molecule has 1 aromatic carbocycles. The van der Waals surface area contributed by atoms with E-state index in [-0.39, 0.29) is 16.9 Å². The molecule has 1 aromatic heterocycles.